The van der Waals surface area contributed by atoms with Gasteiger partial charge < -0.3 is 10.3 Å². The van der Waals surface area contributed by atoms with Crippen molar-refractivity contribution in [3.63, 3.8) is 0 Å². The van der Waals surface area contributed by atoms with Crippen molar-refractivity contribution in [2.75, 3.05) is 6.54 Å². The molecule has 1 aromatic heterocycles. The smallest absolute Gasteiger partial charge is 0.159 e. The molecule has 0 unspecified atom stereocenters. The number of hydrogen-bond donors (Lipinski definition) is 1. The van der Waals surface area contributed by atoms with Gasteiger partial charge in [0.1, 0.15) is 0 Å². The van der Waals surface area contributed by atoms with Crippen molar-refractivity contribution >= 4 is 0 Å². The Morgan fingerprint density at radius 3 is 2.76 bits per heavy atom. The van der Waals surface area contributed by atoms with Crippen molar-refractivity contribution in [2.24, 2.45) is 5.73 Å². The molecule has 3 nitrogen and oxygen atoms in total. The maximum absolute atomic E-state index is 13.0. The summed E-state index contributed by atoms with van der Waals surface area (Å²) in [5, 5.41) is 0. The topological polar surface area (TPSA) is 43.8 Å². The fraction of sp³-hybridized carbons (Fsp3) is 0.250. The molecular weight excluding hydrogens is 224 g/mol. The van der Waals surface area contributed by atoms with Crippen molar-refractivity contribution in [1.29, 1.82) is 0 Å². The van der Waals surface area contributed by atoms with E-state index in [1.807, 2.05) is 4.57 Å². The van der Waals surface area contributed by atoms with Gasteiger partial charge in [-0.25, -0.2) is 13.8 Å². The summed E-state index contributed by atoms with van der Waals surface area (Å²) in [5.74, 6) is -1.66. The molecule has 0 saturated carbocycles. The molecule has 2 aromatic rings. The summed E-state index contributed by atoms with van der Waals surface area (Å²) in [7, 11) is 0. The van der Waals surface area contributed by atoms with Crippen molar-refractivity contribution in [2.45, 2.75) is 13.0 Å². The number of rotatable bonds is 4. The molecule has 90 valence electrons. The largest absolute Gasteiger partial charge is 0.330 e. The number of nitrogens with zero attached hydrogens (tertiary/aromatic N) is 2. The van der Waals surface area contributed by atoms with E-state index in [-0.39, 0.29) is 0 Å². The van der Waals surface area contributed by atoms with E-state index in [1.54, 1.807) is 18.6 Å². The lowest BCUT2D eigenvalue weighted by atomic mass is 10.2. The zero-order valence-corrected chi connectivity index (χ0v) is 9.24. The molecule has 0 fully saturated rings. The van der Waals surface area contributed by atoms with Crippen LogP contribution in [0.25, 0.3) is 0 Å². The average Bonchev–Trinajstić information content (AvgIpc) is 2.72. The zero-order chi connectivity index (χ0) is 12.3. The fourth-order valence-electron chi connectivity index (χ4n) is 1.68. The summed E-state index contributed by atoms with van der Waals surface area (Å²) in [5.41, 5.74) is 7.15. The lowest BCUT2D eigenvalue weighted by Crippen LogP contribution is -2.09. The molecule has 0 saturated heterocycles. The second-order valence-corrected chi connectivity index (χ2v) is 3.80. The zero-order valence-electron chi connectivity index (χ0n) is 9.24. The maximum atomic E-state index is 13.0. The van der Waals surface area contributed by atoms with E-state index in [4.69, 9.17) is 5.73 Å². The van der Waals surface area contributed by atoms with Gasteiger partial charge in [-0.2, -0.15) is 0 Å². The van der Waals surface area contributed by atoms with Crippen LogP contribution >= 0.6 is 0 Å². The number of aromatic nitrogens is 2. The standard InChI is InChI=1S/C12H13F2N3/c13-11-2-1-9(5-12(11)14)7-17-8-16-6-10(17)3-4-15/h1-2,5-6,8H,3-4,7,15H2. The van der Waals surface area contributed by atoms with E-state index < -0.39 is 11.6 Å². The Bertz CT molecular complexity index is 508. The molecule has 2 rings (SSSR count). The minimum absolute atomic E-state index is 0.465. The van der Waals surface area contributed by atoms with Gasteiger partial charge >= 0.3 is 0 Å². The molecule has 0 aliphatic carbocycles. The van der Waals surface area contributed by atoms with Crippen LogP contribution in [0.5, 0.6) is 0 Å². The third-order valence-electron chi connectivity index (χ3n) is 2.54. The van der Waals surface area contributed by atoms with Crippen molar-refractivity contribution in [3.05, 3.63) is 53.6 Å². The second-order valence-electron chi connectivity index (χ2n) is 3.80. The van der Waals surface area contributed by atoms with Crippen LogP contribution in [0.2, 0.25) is 0 Å². The highest BCUT2D eigenvalue weighted by Crippen LogP contribution is 2.11. The Morgan fingerprint density at radius 1 is 1.24 bits per heavy atom. The monoisotopic (exact) mass is 237 g/mol. The van der Waals surface area contributed by atoms with E-state index in [2.05, 4.69) is 4.98 Å². The van der Waals surface area contributed by atoms with E-state index in [9.17, 15) is 8.78 Å². The predicted molar refractivity (Wildman–Crippen MR) is 60.4 cm³/mol. The molecule has 0 bridgehead atoms. The highest BCUT2D eigenvalue weighted by Gasteiger charge is 2.05. The van der Waals surface area contributed by atoms with Crippen LogP contribution in [-0.2, 0) is 13.0 Å². The molecule has 17 heavy (non-hydrogen) atoms. The van der Waals surface area contributed by atoms with E-state index >= 15 is 0 Å². The summed E-state index contributed by atoms with van der Waals surface area (Å²) in [6, 6.07) is 3.89. The summed E-state index contributed by atoms with van der Waals surface area (Å²) in [6.07, 6.45) is 4.10. The quantitative estimate of drug-likeness (QED) is 0.879. The lowest BCUT2D eigenvalue weighted by Gasteiger charge is -2.07. The molecule has 5 heteroatoms. The van der Waals surface area contributed by atoms with Gasteiger partial charge in [-0.1, -0.05) is 6.07 Å². The number of benzene rings is 1. The van der Waals surface area contributed by atoms with E-state index in [0.29, 0.717) is 25.1 Å². The summed E-state index contributed by atoms with van der Waals surface area (Å²) < 4.78 is 27.7. The minimum Gasteiger partial charge on any atom is -0.330 e. The van der Waals surface area contributed by atoms with Crippen LogP contribution in [-0.4, -0.2) is 16.1 Å². The van der Waals surface area contributed by atoms with Gasteiger partial charge in [0.25, 0.3) is 0 Å². The first-order valence-corrected chi connectivity index (χ1v) is 5.33. The van der Waals surface area contributed by atoms with Gasteiger partial charge in [-0.05, 0) is 24.2 Å². The molecule has 0 radical (unpaired) electrons. The Kier molecular flexibility index (Phi) is 3.49. The first-order chi connectivity index (χ1) is 8.20. The molecule has 0 atom stereocenters. The van der Waals surface area contributed by atoms with Gasteiger partial charge in [0.2, 0.25) is 0 Å². The van der Waals surface area contributed by atoms with Gasteiger partial charge in [-0.3, -0.25) is 0 Å². The minimum atomic E-state index is -0.832. The van der Waals surface area contributed by atoms with Crippen LogP contribution < -0.4 is 5.73 Å². The normalized spacial score (nSPS) is 10.8. The van der Waals surface area contributed by atoms with Gasteiger partial charge in [-0.15, -0.1) is 0 Å². The van der Waals surface area contributed by atoms with Crippen LogP contribution in [0.3, 0.4) is 0 Å². The third-order valence-corrected chi connectivity index (χ3v) is 2.54. The second kappa shape index (κ2) is 5.05. The number of imidazole rings is 1. The lowest BCUT2D eigenvalue weighted by molar-refractivity contribution is 0.506. The summed E-state index contributed by atoms with van der Waals surface area (Å²) in [6.45, 7) is 0.996. The summed E-state index contributed by atoms with van der Waals surface area (Å²) in [4.78, 5) is 4.02. The highest BCUT2D eigenvalue weighted by molar-refractivity contribution is 5.19. The van der Waals surface area contributed by atoms with Crippen molar-refractivity contribution in [3.8, 4) is 0 Å². The molecule has 0 amide bonds. The van der Waals surface area contributed by atoms with E-state index in [1.165, 1.54) is 6.07 Å². The molecule has 0 spiro atoms. The molecule has 0 aliphatic rings. The number of hydrogen-bond acceptors (Lipinski definition) is 2. The van der Waals surface area contributed by atoms with Crippen molar-refractivity contribution in [1.82, 2.24) is 9.55 Å². The predicted octanol–water partition coefficient (Wildman–Crippen LogP) is 1.71. The third kappa shape index (κ3) is 2.68. The van der Waals surface area contributed by atoms with Gasteiger partial charge in [0, 0.05) is 24.9 Å². The summed E-state index contributed by atoms with van der Waals surface area (Å²) >= 11 is 0. The molecular formula is C12H13F2N3. The van der Waals surface area contributed by atoms with Gasteiger partial charge in [0.15, 0.2) is 11.6 Å². The van der Waals surface area contributed by atoms with Crippen LogP contribution in [0, 0.1) is 11.6 Å². The van der Waals surface area contributed by atoms with Crippen LogP contribution in [0.15, 0.2) is 30.7 Å². The maximum Gasteiger partial charge on any atom is 0.159 e. The van der Waals surface area contributed by atoms with Gasteiger partial charge in [0.05, 0.1) is 6.33 Å². The molecule has 2 N–H and O–H groups in total. The Hall–Kier alpha value is -1.75. The first kappa shape index (κ1) is 11.7. The van der Waals surface area contributed by atoms with E-state index in [0.717, 1.165) is 11.8 Å². The molecule has 0 aliphatic heterocycles. The number of nitrogens with two attached hydrogens (primary N) is 1. The first-order valence-electron chi connectivity index (χ1n) is 5.33. The molecule has 1 aromatic carbocycles. The van der Waals surface area contributed by atoms with Crippen LogP contribution in [0.4, 0.5) is 8.78 Å². The molecule has 1 heterocycles. The Balaban J connectivity index is 2.19. The Morgan fingerprint density at radius 2 is 2.06 bits per heavy atom. The van der Waals surface area contributed by atoms with Crippen molar-refractivity contribution < 1.29 is 8.78 Å². The highest BCUT2D eigenvalue weighted by atomic mass is 19.2. The average molecular weight is 237 g/mol. The SMILES string of the molecule is NCCc1cncn1Cc1ccc(F)c(F)c1. The van der Waals surface area contributed by atoms with Crippen LogP contribution in [0.1, 0.15) is 11.3 Å². The Labute approximate surface area is 97.9 Å². The fourth-order valence-corrected chi connectivity index (χ4v) is 1.68. The number of halogens is 2.